The molecule has 1 aliphatic rings. The van der Waals surface area contributed by atoms with Crippen molar-refractivity contribution in [1.82, 2.24) is 14.9 Å². The molecule has 1 N–H and O–H groups in total. The Morgan fingerprint density at radius 3 is 2.53 bits per heavy atom. The molecule has 2 heterocycles. The topological polar surface area (TPSA) is 58.1 Å². The van der Waals surface area contributed by atoms with Crippen molar-refractivity contribution in [2.24, 2.45) is 0 Å². The number of hydrogen-bond acceptors (Lipinski definition) is 4. The first kappa shape index (κ1) is 12.1. The van der Waals surface area contributed by atoms with Gasteiger partial charge < -0.3 is 10.2 Å². The Bertz CT molecular complexity index is 387. The van der Waals surface area contributed by atoms with Gasteiger partial charge in [0.05, 0.1) is 17.4 Å². The molecule has 1 aromatic rings. The van der Waals surface area contributed by atoms with E-state index in [1.54, 1.807) is 19.3 Å². The molecular formula is C11H15ClN4O. The summed E-state index contributed by atoms with van der Waals surface area (Å²) in [4.78, 5) is 21.2. The van der Waals surface area contributed by atoms with Crippen LogP contribution in [0.2, 0.25) is 5.02 Å². The molecule has 17 heavy (non-hydrogen) atoms. The lowest BCUT2D eigenvalue weighted by molar-refractivity contribution is -0.129. The minimum Gasteiger partial charge on any atom is -0.351 e. The van der Waals surface area contributed by atoms with Crippen LogP contribution in [0, 0.1) is 0 Å². The Labute approximate surface area is 105 Å². The molecule has 0 radical (unpaired) electrons. The number of carbonyl (C=O) groups is 1. The normalized spacial score (nSPS) is 16.9. The number of amides is 1. The number of halogens is 1. The van der Waals surface area contributed by atoms with Crippen molar-refractivity contribution in [2.75, 3.05) is 18.4 Å². The zero-order valence-corrected chi connectivity index (χ0v) is 10.4. The summed E-state index contributed by atoms with van der Waals surface area (Å²) in [5.74, 6) is 0.738. The van der Waals surface area contributed by atoms with Crippen molar-refractivity contribution >= 4 is 23.5 Å². The summed E-state index contributed by atoms with van der Waals surface area (Å²) < 4.78 is 0. The van der Waals surface area contributed by atoms with Gasteiger partial charge in [-0.15, -0.1) is 0 Å². The van der Waals surface area contributed by atoms with Crippen LogP contribution < -0.4 is 5.32 Å². The molecule has 0 unspecified atom stereocenters. The maximum absolute atomic E-state index is 11.2. The zero-order chi connectivity index (χ0) is 12.3. The molecule has 92 valence electrons. The monoisotopic (exact) mass is 254 g/mol. The van der Waals surface area contributed by atoms with E-state index >= 15 is 0 Å². The molecule has 0 bridgehead atoms. The minimum atomic E-state index is 0.145. The molecule has 1 aliphatic heterocycles. The Morgan fingerprint density at radius 2 is 2.00 bits per heavy atom. The van der Waals surface area contributed by atoms with E-state index in [0.717, 1.165) is 25.9 Å². The van der Waals surface area contributed by atoms with E-state index in [1.807, 2.05) is 4.90 Å². The van der Waals surface area contributed by atoms with Gasteiger partial charge in [0, 0.05) is 26.1 Å². The number of piperidine rings is 1. The van der Waals surface area contributed by atoms with Crippen molar-refractivity contribution in [3.05, 3.63) is 17.4 Å². The highest BCUT2D eigenvalue weighted by Gasteiger charge is 2.20. The lowest BCUT2D eigenvalue weighted by Gasteiger charge is -2.31. The molecule has 1 amide bonds. The fraction of sp³-hybridized carbons (Fsp3) is 0.545. The Hall–Kier alpha value is -1.36. The lowest BCUT2D eigenvalue weighted by Crippen LogP contribution is -2.41. The summed E-state index contributed by atoms with van der Waals surface area (Å²) in [6, 6.07) is 0.326. The molecule has 1 aromatic heterocycles. The smallest absolute Gasteiger partial charge is 0.222 e. The third-order valence-electron chi connectivity index (χ3n) is 2.89. The maximum Gasteiger partial charge on any atom is 0.222 e. The summed E-state index contributed by atoms with van der Waals surface area (Å²) >= 11 is 5.71. The van der Waals surface area contributed by atoms with E-state index in [0.29, 0.717) is 17.0 Å². The molecule has 0 aromatic carbocycles. The van der Waals surface area contributed by atoms with Crippen LogP contribution in [0.5, 0.6) is 0 Å². The lowest BCUT2D eigenvalue weighted by atomic mass is 10.1. The van der Waals surface area contributed by atoms with E-state index in [9.17, 15) is 4.79 Å². The van der Waals surface area contributed by atoms with Gasteiger partial charge in [0.15, 0.2) is 0 Å². The number of rotatable bonds is 2. The van der Waals surface area contributed by atoms with Crippen LogP contribution in [0.1, 0.15) is 19.8 Å². The van der Waals surface area contributed by atoms with E-state index in [2.05, 4.69) is 15.3 Å². The fourth-order valence-electron chi connectivity index (χ4n) is 1.91. The predicted molar refractivity (Wildman–Crippen MR) is 65.9 cm³/mol. The number of anilines is 1. The van der Waals surface area contributed by atoms with Gasteiger partial charge in [0.2, 0.25) is 11.9 Å². The van der Waals surface area contributed by atoms with Crippen molar-refractivity contribution < 1.29 is 4.79 Å². The number of nitrogens with one attached hydrogen (secondary N) is 1. The number of aromatic nitrogens is 2. The van der Waals surface area contributed by atoms with Crippen molar-refractivity contribution in [3.8, 4) is 0 Å². The first-order valence-electron chi connectivity index (χ1n) is 5.65. The van der Waals surface area contributed by atoms with Gasteiger partial charge in [-0.3, -0.25) is 4.79 Å². The van der Waals surface area contributed by atoms with Crippen LogP contribution in [0.4, 0.5) is 5.95 Å². The molecule has 6 heteroatoms. The van der Waals surface area contributed by atoms with Crippen LogP contribution in [0.15, 0.2) is 12.4 Å². The minimum absolute atomic E-state index is 0.145. The summed E-state index contributed by atoms with van der Waals surface area (Å²) in [5, 5.41) is 3.78. The summed E-state index contributed by atoms with van der Waals surface area (Å²) in [6.45, 7) is 3.19. The second-order valence-electron chi connectivity index (χ2n) is 4.15. The van der Waals surface area contributed by atoms with Gasteiger partial charge >= 0.3 is 0 Å². The third-order valence-corrected chi connectivity index (χ3v) is 3.09. The summed E-state index contributed by atoms with van der Waals surface area (Å²) in [5.41, 5.74) is 0. The second-order valence-corrected chi connectivity index (χ2v) is 4.59. The number of hydrogen-bond donors (Lipinski definition) is 1. The van der Waals surface area contributed by atoms with Crippen molar-refractivity contribution in [1.29, 1.82) is 0 Å². The third kappa shape index (κ3) is 3.30. The average molecular weight is 255 g/mol. The SMILES string of the molecule is CC(=O)N1CCC(Nc2ncc(Cl)cn2)CC1. The molecule has 0 atom stereocenters. The van der Waals surface area contributed by atoms with Crippen molar-refractivity contribution in [3.63, 3.8) is 0 Å². The molecule has 0 spiro atoms. The number of nitrogens with zero attached hydrogens (tertiary/aromatic N) is 3. The average Bonchev–Trinajstić information content (AvgIpc) is 2.33. The zero-order valence-electron chi connectivity index (χ0n) is 9.69. The highest BCUT2D eigenvalue weighted by molar-refractivity contribution is 6.30. The highest BCUT2D eigenvalue weighted by Crippen LogP contribution is 2.14. The molecule has 1 saturated heterocycles. The standard InChI is InChI=1S/C11H15ClN4O/c1-8(17)16-4-2-10(3-5-16)15-11-13-6-9(12)7-14-11/h6-7,10H,2-5H2,1H3,(H,13,14,15). The van der Waals surface area contributed by atoms with Gasteiger partial charge in [-0.25, -0.2) is 9.97 Å². The van der Waals surface area contributed by atoms with E-state index in [1.165, 1.54) is 0 Å². The number of carbonyl (C=O) groups excluding carboxylic acids is 1. The fourth-order valence-corrected chi connectivity index (χ4v) is 2.01. The molecule has 1 fully saturated rings. The number of likely N-dealkylation sites (tertiary alicyclic amines) is 1. The van der Waals surface area contributed by atoms with Gasteiger partial charge in [-0.1, -0.05) is 11.6 Å². The van der Waals surface area contributed by atoms with Gasteiger partial charge in [-0.2, -0.15) is 0 Å². The quantitative estimate of drug-likeness (QED) is 0.870. The van der Waals surface area contributed by atoms with Crippen LogP contribution in [0.3, 0.4) is 0 Å². The molecule has 2 rings (SSSR count). The first-order chi connectivity index (χ1) is 8.15. The van der Waals surface area contributed by atoms with Crippen LogP contribution in [0.25, 0.3) is 0 Å². The summed E-state index contributed by atoms with van der Waals surface area (Å²) in [6.07, 6.45) is 4.99. The van der Waals surface area contributed by atoms with E-state index in [-0.39, 0.29) is 5.91 Å². The first-order valence-corrected chi connectivity index (χ1v) is 6.02. The molecule has 0 aliphatic carbocycles. The van der Waals surface area contributed by atoms with Crippen LogP contribution in [-0.4, -0.2) is 39.9 Å². The van der Waals surface area contributed by atoms with E-state index in [4.69, 9.17) is 11.6 Å². The Kier molecular flexibility index (Phi) is 3.78. The van der Waals surface area contributed by atoms with Crippen LogP contribution in [-0.2, 0) is 4.79 Å². The molecular weight excluding hydrogens is 240 g/mol. The van der Waals surface area contributed by atoms with Gasteiger partial charge in [-0.05, 0) is 12.8 Å². The second kappa shape index (κ2) is 5.31. The van der Waals surface area contributed by atoms with E-state index < -0.39 is 0 Å². The largest absolute Gasteiger partial charge is 0.351 e. The van der Waals surface area contributed by atoms with Gasteiger partial charge in [0.1, 0.15) is 0 Å². The predicted octanol–water partition coefficient (Wildman–Crippen LogP) is 1.55. The highest BCUT2D eigenvalue weighted by atomic mass is 35.5. The maximum atomic E-state index is 11.2. The summed E-state index contributed by atoms with van der Waals surface area (Å²) in [7, 11) is 0. The molecule has 0 saturated carbocycles. The molecule has 5 nitrogen and oxygen atoms in total. The Balaban J connectivity index is 1.85. The van der Waals surface area contributed by atoms with Gasteiger partial charge in [0.25, 0.3) is 0 Å². The Morgan fingerprint density at radius 1 is 1.41 bits per heavy atom. The van der Waals surface area contributed by atoms with Crippen LogP contribution >= 0.6 is 11.6 Å². The van der Waals surface area contributed by atoms with Crippen molar-refractivity contribution in [2.45, 2.75) is 25.8 Å².